The van der Waals surface area contributed by atoms with Gasteiger partial charge >= 0.3 is 0 Å². The van der Waals surface area contributed by atoms with E-state index in [-0.39, 0.29) is 12.0 Å². The molecule has 96 valence electrons. The van der Waals surface area contributed by atoms with Crippen LogP contribution in [0.15, 0.2) is 24.3 Å². The van der Waals surface area contributed by atoms with Gasteiger partial charge in [0.2, 0.25) is 0 Å². The van der Waals surface area contributed by atoms with Gasteiger partial charge in [0.25, 0.3) is 0 Å². The molecule has 0 bridgehead atoms. The van der Waals surface area contributed by atoms with Crippen LogP contribution in [0.3, 0.4) is 0 Å². The molecule has 1 aromatic rings. The monoisotopic (exact) mass is 234 g/mol. The van der Waals surface area contributed by atoms with Gasteiger partial charge in [0.15, 0.2) is 0 Å². The summed E-state index contributed by atoms with van der Waals surface area (Å²) in [5.74, 6) is 0.937. The van der Waals surface area contributed by atoms with E-state index in [1.807, 2.05) is 0 Å². The van der Waals surface area contributed by atoms with E-state index in [2.05, 4.69) is 52.0 Å². The van der Waals surface area contributed by atoms with Crippen LogP contribution in [0.4, 0.5) is 0 Å². The smallest absolute Gasteiger partial charge is 0.0606 e. The van der Waals surface area contributed by atoms with Gasteiger partial charge < -0.3 is 5.11 Å². The highest BCUT2D eigenvalue weighted by Crippen LogP contribution is 2.23. The Bertz CT molecular complexity index is 313. The molecule has 1 N–H and O–H groups in total. The Morgan fingerprint density at radius 3 is 2.12 bits per heavy atom. The molecule has 1 nitrogen and oxygen atoms in total. The molecule has 1 rings (SSSR count). The van der Waals surface area contributed by atoms with Crippen LogP contribution in [0.5, 0.6) is 0 Å². The van der Waals surface area contributed by atoms with Crippen molar-refractivity contribution < 1.29 is 5.11 Å². The molecule has 0 radical (unpaired) electrons. The molecule has 0 aliphatic rings. The van der Waals surface area contributed by atoms with Crippen molar-refractivity contribution in [1.82, 2.24) is 0 Å². The first-order chi connectivity index (χ1) is 8.04. The zero-order valence-electron chi connectivity index (χ0n) is 11.6. The molecule has 0 saturated carbocycles. The van der Waals surface area contributed by atoms with Crippen LogP contribution in [0.25, 0.3) is 0 Å². The largest absolute Gasteiger partial charge is 0.393 e. The second-order valence-electron chi connectivity index (χ2n) is 5.48. The van der Waals surface area contributed by atoms with Crippen LogP contribution < -0.4 is 0 Å². The molecule has 0 aromatic heterocycles. The average Bonchev–Trinajstić information content (AvgIpc) is 2.28. The summed E-state index contributed by atoms with van der Waals surface area (Å²) in [7, 11) is 0. The summed E-state index contributed by atoms with van der Waals surface area (Å²) >= 11 is 0. The van der Waals surface area contributed by atoms with E-state index in [0.717, 1.165) is 19.3 Å². The standard InChI is InChI=1S/C16H26O/c1-5-6-16(17)13(4)15-9-7-14(8-10-15)11-12(2)3/h7-10,12-13,16-17H,5-6,11H2,1-4H3. The minimum absolute atomic E-state index is 0.212. The normalized spacial score (nSPS) is 14.9. The fraction of sp³-hybridized carbons (Fsp3) is 0.625. The third-order valence-corrected chi connectivity index (χ3v) is 3.31. The van der Waals surface area contributed by atoms with Gasteiger partial charge in [-0.25, -0.2) is 0 Å². The van der Waals surface area contributed by atoms with Gasteiger partial charge in [-0.3, -0.25) is 0 Å². The molecule has 2 unspecified atom stereocenters. The maximum atomic E-state index is 9.99. The van der Waals surface area contributed by atoms with Gasteiger partial charge in [0.05, 0.1) is 6.10 Å². The Kier molecular flexibility index (Phi) is 5.70. The van der Waals surface area contributed by atoms with Crippen molar-refractivity contribution in [3.63, 3.8) is 0 Å². The fourth-order valence-corrected chi connectivity index (χ4v) is 2.20. The summed E-state index contributed by atoms with van der Waals surface area (Å²) in [5, 5.41) is 9.99. The Hall–Kier alpha value is -0.820. The lowest BCUT2D eigenvalue weighted by atomic mass is 9.91. The minimum Gasteiger partial charge on any atom is -0.393 e. The SMILES string of the molecule is CCCC(O)C(C)c1ccc(CC(C)C)cc1. The van der Waals surface area contributed by atoms with E-state index in [1.54, 1.807) is 0 Å². The Labute approximate surface area is 106 Å². The lowest BCUT2D eigenvalue weighted by Gasteiger charge is -2.19. The first-order valence-corrected chi connectivity index (χ1v) is 6.81. The molecule has 0 aliphatic heterocycles. The summed E-state index contributed by atoms with van der Waals surface area (Å²) < 4.78 is 0. The number of aliphatic hydroxyl groups is 1. The van der Waals surface area contributed by atoms with Gasteiger partial charge in [-0.1, -0.05) is 58.4 Å². The van der Waals surface area contributed by atoms with Crippen molar-refractivity contribution in [3.05, 3.63) is 35.4 Å². The maximum Gasteiger partial charge on any atom is 0.0606 e. The van der Waals surface area contributed by atoms with E-state index in [0.29, 0.717) is 5.92 Å². The number of hydrogen-bond acceptors (Lipinski definition) is 1. The molecule has 0 heterocycles. The van der Waals surface area contributed by atoms with E-state index >= 15 is 0 Å². The number of rotatable bonds is 6. The highest BCUT2D eigenvalue weighted by molar-refractivity contribution is 5.26. The second-order valence-corrected chi connectivity index (χ2v) is 5.48. The Balaban J connectivity index is 2.66. The molecule has 0 saturated heterocycles. The quantitative estimate of drug-likeness (QED) is 0.784. The van der Waals surface area contributed by atoms with Crippen LogP contribution >= 0.6 is 0 Å². The van der Waals surface area contributed by atoms with Crippen molar-refractivity contribution in [1.29, 1.82) is 0 Å². The van der Waals surface area contributed by atoms with Crippen LogP contribution in [-0.4, -0.2) is 11.2 Å². The Morgan fingerprint density at radius 1 is 1.06 bits per heavy atom. The molecule has 1 heteroatoms. The first-order valence-electron chi connectivity index (χ1n) is 6.81. The van der Waals surface area contributed by atoms with E-state index in [9.17, 15) is 5.11 Å². The highest BCUT2D eigenvalue weighted by Gasteiger charge is 2.15. The third kappa shape index (κ3) is 4.51. The van der Waals surface area contributed by atoms with Gasteiger partial charge in [-0.15, -0.1) is 0 Å². The minimum atomic E-state index is -0.212. The van der Waals surface area contributed by atoms with Crippen LogP contribution in [0.1, 0.15) is 57.6 Å². The number of hydrogen-bond donors (Lipinski definition) is 1. The van der Waals surface area contributed by atoms with E-state index in [4.69, 9.17) is 0 Å². The molecule has 2 atom stereocenters. The zero-order chi connectivity index (χ0) is 12.8. The first kappa shape index (κ1) is 14.2. The van der Waals surface area contributed by atoms with Gasteiger partial charge in [-0.05, 0) is 29.9 Å². The molecular weight excluding hydrogens is 208 g/mol. The predicted octanol–water partition coefficient (Wildman–Crippen LogP) is 4.15. The predicted molar refractivity (Wildman–Crippen MR) is 74.3 cm³/mol. The van der Waals surface area contributed by atoms with Gasteiger partial charge in [0, 0.05) is 5.92 Å². The molecule has 0 fully saturated rings. The summed E-state index contributed by atoms with van der Waals surface area (Å²) in [6.45, 7) is 8.70. The van der Waals surface area contributed by atoms with Crippen LogP contribution in [0, 0.1) is 5.92 Å². The average molecular weight is 234 g/mol. The number of aliphatic hydroxyl groups excluding tert-OH is 1. The van der Waals surface area contributed by atoms with Gasteiger partial charge in [-0.2, -0.15) is 0 Å². The lowest BCUT2D eigenvalue weighted by Crippen LogP contribution is -2.15. The second kappa shape index (κ2) is 6.80. The van der Waals surface area contributed by atoms with E-state index in [1.165, 1.54) is 11.1 Å². The van der Waals surface area contributed by atoms with Crippen molar-refractivity contribution in [2.45, 2.75) is 59.0 Å². The van der Waals surface area contributed by atoms with Gasteiger partial charge in [0.1, 0.15) is 0 Å². The lowest BCUT2D eigenvalue weighted by molar-refractivity contribution is 0.139. The molecule has 0 aliphatic carbocycles. The van der Waals surface area contributed by atoms with Crippen LogP contribution in [0.2, 0.25) is 0 Å². The summed E-state index contributed by atoms with van der Waals surface area (Å²) in [6, 6.07) is 8.73. The molecule has 1 aromatic carbocycles. The zero-order valence-corrected chi connectivity index (χ0v) is 11.6. The van der Waals surface area contributed by atoms with Crippen molar-refractivity contribution in [2.75, 3.05) is 0 Å². The number of benzene rings is 1. The van der Waals surface area contributed by atoms with Crippen molar-refractivity contribution >= 4 is 0 Å². The summed E-state index contributed by atoms with van der Waals surface area (Å²) in [6.07, 6.45) is 2.84. The topological polar surface area (TPSA) is 20.2 Å². The molecular formula is C16H26O. The molecule has 0 spiro atoms. The fourth-order valence-electron chi connectivity index (χ4n) is 2.20. The third-order valence-electron chi connectivity index (χ3n) is 3.31. The highest BCUT2D eigenvalue weighted by atomic mass is 16.3. The summed E-state index contributed by atoms with van der Waals surface area (Å²) in [5.41, 5.74) is 2.64. The molecule has 17 heavy (non-hydrogen) atoms. The molecule has 0 amide bonds. The van der Waals surface area contributed by atoms with Crippen LogP contribution in [-0.2, 0) is 6.42 Å². The van der Waals surface area contributed by atoms with Crippen molar-refractivity contribution in [2.24, 2.45) is 5.92 Å². The van der Waals surface area contributed by atoms with E-state index < -0.39 is 0 Å². The van der Waals surface area contributed by atoms with Crippen molar-refractivity contribution in [3.8, 4) is 0 Å². The maximum absolute atomic E-state index is 9.99. The Morgan fingerprint density at radius 2 is 1.65 bits per heavy atom. The summed E-state index contributed by atoms with van der Waals surface area (Å²) in [4.78, 5) is 0.